The summed E-state index contributed by atoms with van der Waals surface area (Å²) in [5.74, 6) is -0.257. The van der Waals surface area contributed by atoms with Crippen LogP contribution in [-0.2, 0) is 12.7 Å². The van der Waals surface area contributed by atoms with Gasteiger partial charge in [-0.1, -0.05) is 40.2 Å². The van der Waals surface area contributed by atoms with Crippen molar-refractivity contribution < 1.29 is 18.0 Å². The van der Waals surface area contributed by atoms with E-state index in [1.165, 1.54) is 30.8 Å². The topological polar surface area (TPSA) is 78.7 Å². The van der Waals surface area contributed by atoms with Gasteiger partial charge in [0, 0.05) is 6.92 Å². The molecule has 2 unspecified atom stereocenters. The maximum Gasteiger partial charge on any atom is 0.435 e. The van der Waals surface area contributed by atoms with Gasteiger partial charge in [0.2, 0.25) is 0 Å². The number of hydrogen-bond acceptors (Lipinski definition) is 4. The first-order chi connectivity index (χ1) is 13.8. The summed E-state index contributed by atoms with van der Waals surface area (Å²) >= 11 is 6.05. The first-order valence-corrected chi connectivity index (χ1v) is 10.1. The van der Waals surface area contributed by atoms with E-state index < -0.39 is 16.9 Å². The maximum absolute atomic E-state index is 13.3. The lowest BCUT2D eigenvalue weighted by Gasteiger charge is -2.20. The van der Waals surface area contributed by atoms with Gasteiger partial charge in [-0.2, -0.15) is 23.4 Å². The molecule has 0 spiro atoms. The van der Waals surface area contributed by atoms with Crippen LogP contribution in [0.15, 0.2) is 24.4 Å². The maximum atomic E-state index is 13.3. The summed E-state index contributed by atoms with van der Waals surface area (Å²) in [4.78, 5) is 10.6. The molecule has 2 aromatic heterocycles. The van der Waals surface area contributed by atoms with E-state index in [2.05, 4.69) is 10.2 Å². The minimum absolute atomic E-state index is 0.0111. The van der Waals surface area contributed by atoms with Crippen molar-refractivity contribution in [1.82, 2.24) is 19.6 Å². The van der Waals surface area contributed by atoms with Gasteiger partial charge in [-0.25, -0.2) is 4.68 Å². The van der Waals surface area contributed by atoms with Crippen LogP contribution >= 0.6 is 11.6 Å². The van der Waals surface area contributed by atoms with E-state index in [1.54, 1.807) is 6.08 Å². The van der Waals surface area contributed by atoms with Gasteiger partial charge < -0.3 is 5.73 Å². The van der Waals surface area contributed by atoms with E-state index in [4.69, 9.17) is 17.3 Å². The number of hydrogen-bond donors (Lipinski definition) is 1. The minimum Gasteiger partial charge on any atom is -0.311 e. The number of nitrogens with two attached hydrogens (primary N) is 1. The fraction of sp³-hybridized carbons (Fsp3) is 0.550. The van der Waals surface area contributed by atoms with E-state index in [0.29, 0.717) is 5.70 Å². The smallest absolute Gasteiger partial charge is 0.311 e. The monoisotopic (exact) mass is 447 g/mol. The molecule has 0 saturated carbocycles. The van der Waals surface area contributed by atoms with Gasteiger partial charge in [0.15, 0.2) is 11.5 Å². The number of allylic oxidation sites excluding steroid dienone is 1. The highest BCUT2D eigenvalue weighted by Gasteiger charge is 2.36. The second-order valence-corrected chi connectivity index (χ2v) is 7.83. The largest absolute Gasteiger partial charge is 0.435 e. The molecule has 10 heteroatoms. The predicted octanol–water partition coefficient (Wildman–Crippen LogP) is 5.18. The molecule has 0 fully saturated rings. The third-order valence-corrected chi connectivity index (χ3v) is 4.23. The summed E-state index contributed by atoms with van der Waals surface area (Å²) in [5.41, 5.74) is 5.41. The average molecular weight is 448 g/mol. The average Bonchev–Trinajstić information content (AvgIpc) is 3.27. The van der Waals surface area contributed by atoms with Crippen LogP contribution in [0, 0.1) is 5.92 Å². The number of ketones is 1. The molecule has 30 heavy (non-hydrogen) atoms. The minimum atomic E-state index is -4.65. The zero-order valence-electron chi connectivity index (χ0n) is 18.1. The standard InChI is InChI=1S/C18H23ClF3N5O.C2H6/c1-5-11(2)8-15(27-13(12(3)28)6-7-24-27)14-9-16(18(20,21)22)25-26(14)10-17(4,19)23;1-2/h6-9,11H,5,10,23H2,1-4H3;1-2H3/b15-8-;. The lowest BCUT2D eigenvalue weighted by Crippen LogP contribution is -2.35. The van der Waals surface area contributed by atoms with Gasteiger partial charge in [0.25, 0.3) is 0 Å². The Morgan fingerprint density at radius 3 is 2.40 bits per heavy atom. The molecule has 0 aliphatic carbocycles. The molecular formula is C20H29ClF3N5O. The molecule has 2 atom stereocenters. The molecule has 0 amide bonds. The molecule has 0 aliphatic rings. The van der Waals surface area contributed by atoms with Crippen LogP contribution in [-0.4, -0.2) is 30.3 Å². The van der Waals surface area contributed by atoms with Crippen LogP contribution in [0.5, 0.6) is 0 Å². The highest BCUT2D eigenvalue weighted by molar-refractivity contribution is 6.23. The van der Waals surface area contributed by atoms with Crippen LogP contribution in [0.2, 0.25) is 0 Å². The fourth-order valence-corrected chi connectivity index (χ4v) is 2.70. The second-order valence-electron chi connectivity index (χ2n) is 6.97. The van der Waals surface area contributed by atoms with E-state index in [1.807, 2.05) is 27.7 Å². The number of carbonyl (C=O) groups excluding carboxylic acids is 1. The highest BCUT2D eigenvalue weighted by atomic mass is 35.5. The first-order valence-electron chi connectivity index (χ1n) is 9.74. The highest BCUT2D eigenvalue weighted by Crippen LogP contribution is 2.32. The van der Waals surface area contributed by atoms with Crippen molar-refractivity contribution in [3.8, 4) is 0 Å². The first kappa shape index (κ1) is 25.9. The van der Waals surface area contributed by atoms with Crippen LogP contribution in [0.1, 0.15) is 69.8 Å². The molecule has 0 saturated heterocycles. The van der Waals surface area contributed by atoms with Crippen molar-refractivity contribution in [1.29, 1.82) is 0 Å². The molecule has 0 aliphatic heterocycles. The lowest BCUT2D eigenvalue weighted by molar-refractivity contribution is -0.141. The summed E-state index contributed by atoms with van der Waals surface area (Å²) in [7, 11) is 0. The summed E-state index contributed by atoms with van der Waals surface area (Å²) in [6, 6.07) is 2.43. The van der Waals surface area contributed by atoms with Crippen molar-refractivity contribution in [3.63, 3.8) is 0 Å². The molecule has 168 valence electrons. The van der Waals surface area contributed by atoms with Gasteiger partial charge >= 0.3 is 6.18 Å². The molecule has 0 aromatic carbocycles. The van der Waals surface area contributed by atoms with Crippen molar-refractivity contribution in [2.45, 2.75) is 65.7 Å². The van der Waals surface area contributed by atoms with E-state index in [0.717, 1.165) is 17.2 Å². The second kappa shape index (κ2) is 10.3. The number of nitrogens with zero attached hydrogens (tertiary/aromatic N) is 4. The third-order valence-electron chi connectivity index (χ3n) is 4.11. The molecule has 6 nitrogen and oxygen atoms in total. The number of carbonyl (C=O) groups is 1. The zero-order valence-corrected chi connectivity index (χ0v) is 18.8. The number of aromatic nitrogens is 4. The SMILES string of the molecule is CC.CCC(C)/C=C(/c1cc(C(F)(F)F)nn1CC(C)(N)Cl)n1nccc1C(C)=O. The number of rotatable bonds is 7. The Balaban J connectivity index is 0.00000218. The van der Waals surface area contributed by atoms with Crippen LogP contribution < -0.4 is 5.73 Å². The van der Waals surface area contributed by atoms with Gasteiger partial charge in [0.05, 0.1) is 24.1 Å². The fourth-order valence-electron chi connectivity index (χ4n) is 2.59. The molecular weight excluding hydrogens is 419 g/mol. The van der Waals surface area contributed by atoms with E-state index >= 15 is 0 Å². The zero-order chi connectivity index (χ0) is 23.3. The number of alkyl halides is 4. The Hall–Kier alpha value is -2.13. The summed E-state index contributed by atoms with van der Waals surface area (Å²) in [6.07, 6.45) is -0.729. The van der Waals surface area contributed by atoms with Crippen LogP contribution in [0.25, 0.3) is 5.70 Å². The Morgan fingerprint density at radius 1 is 1.33 bits per heavy atom. The van der Waals surface area contributed by atoms with Crippen LogP contribution in [0.3, 0.4) is 0 Å². The molecule has 2 aromatic rings. The molecule has 2 N–H and O–H groups in total. The van der Waals surface area contributed by atoms with Gasteiger partial charge in [-0.15, -0.1) is 11.6 Å². The summed E-state index contributed by atoms with van der Waals surface area (Å²) in [5, 5.41) is 7.82. The number of halogens is 4. The number of Topliss-reactive ketones (excluding diaryl/α,β-unsaturated/α-hetero) is 1. The van der Waals surface area contributed by atoms with Crippen molar-refractivity contribution in [2.24, 2.45) is 11.7 Å². The van der Waals surface area contributed by atoms with Crippen molar-refractivity contribution in [2.75, 3.05) is 0 Å². The third kappa shape index (κ3) is 6.70. The van der Waals surface area contributed by atoms with Gasteiger partial charge in [-0.05, 0) is 25.0 Å². The van der Waals surface area contributed by atoms with Gasteiger partial charge in [-0.3, -0.25) is 9.48 Å². The predicted molar refractivity (Wildman–Crippen MR) is 112 cm³/mol. The normalized spacial score (nSPS) is 15.2. The van der Waals surface area contributed by atoms with E-state index in [9.17, 15) is 18.0 Å². The van der Waals surface area contributed by atoms with Gasteiger partial charge in [0.1, 0.15) is 10.7 Å². The lowest BCUT2D eigenvalue weighted by atomic mass is 10.1. The van der Waals surface area contributed by atoms with E-state index in [-0.39, 0.29) is 29.6 Å². The molecule has 2 heterocycles. The molecule has 2 rings (SSSR count). The Kier molecular flexibility index (Phi) is 8.86. The van der Waals surface area contributed by atoms with Crippen molar-refractivity contribution in [3.05, 3.63) is 41.5 Å². The summed E-state index contributed by atoms with van der Waals surface area (Å²) < 4.78 is 42.4. The van der Waals surface area contributed by atoms with Crippen LogP contribution in [0.4, 0.5) is 13.2 Å². The molecule has 0 radical (unpaired) electrons. The Morgan fingerprint density at radius 2 is 1.93 bits per heavy atom. The Bertz CT molecular complexity index is 878. The quantitative estimate of drug-likeness (QED) is 0.360. The summed E-state index contributed by atoms with van der Waals surface area (Å²) in [6.45, 7) is 10.5. The molecule has 0 bridgehead atoms. The Labute approximate surface area is 179 Å². The van der Waals surface area contributed by atoms with Crippen molar-refractivity contribution >= 4 is 23.1 Å².